The van der Waals surface area contributed by atoms with Gasteiger partial charge in [0.25, 0.3) is 0 Å². The minimum absolute atomic E-state index is 0.120. The van der Waals surface area contributed by atoms with E-state index in [9.17, 15) is 4.79 Å². The van der Waals surface area contributed by atoms with Crippen molar-refractivity contribution in [2.24, 2.45) is 17.6 Å². The number of likely N-dealkylation sites (tertiary alicyclic amines) is 1. The highest BCUT2D eigenvalue weighted by Gasteiger charge is 2.25. The predicted octanol–water partition coefficient (Wildman–Crippen LogP) is 1.84. The van der Waals surface area contributed by atoms with Crippen LogP contribution in [0.3, 0.4) is 0 Å². The van der Waals surface area contributed by atoms with Crippen LogP contribution in [0.25, 0.3) is 0 Å². The molecule has 0 bridgehead atoms. The summed E-state index contributed by atoms with van der Waals surface area (Å²) in [6.07, 6.45) is 1.11. The van der Waals surface area contributed by atoms with Crippen LogP contribution in [0.5, 0.6) is 0 Å². The maximum Gasteiger partial charge on any atom is 0.234 e. The Hall–Kier alpha value is -0.910. The Labute approximate surface area is 125 Å². The molecule has 0 aliphatic carbocycles. The summed E-state index contributed by atoms with van der Waals surface area (Å²) >= 11 is 1.70. The SMILES string of the molecule is CC(C)C(NC(=O)CN1CCC(CN)C1)c1cccs1. The second kappa shape index (κ2) is 7.20. The molecule has 1 aliphatic rings. The highest BCUT2D eigenvalue weighted by atomic mass is 32.1. The number of hydrogen-bond donors (Lipinski definition) is 2. The lowest BCUT2D eigenvalue weighted by atomic mass is 10.0. The zero-order valence-corrected chi connectivity index (χ0v) is 13.2. The van der Waals surface area contributed by atoms with Crippen molar-refractivity contribution >= 4 is 17.2 Å². The minimum atomic E-state index is 0.120. The fraction of sp³-hybridized carbons (Fsp3) is 0.667. The smallest absolute Gasteiger partial charge is 0.234 e. The molecule has 112 valence electrons. The molecule has 20 heavy (non-hydrogen) atoms. The molecular formula is C15H25N3OS. The van der Waals surface area contributed by atoms with Gasteiger partial charge < -0.3 is 11.1 Å². The van der Waals surface area contributed by atoms with Crippen molar-refractivity contribution in [3.05, 3.63) is 22.4 Å². The van der Waals surface area contributed by atoms with Gasteiger partial charge in [-0.2, -0.15) is 0 Å². The third-order valence-electron chi connectivity index (χ3n) is 3.90. The first-order valence-electron chi connectivity index (χ1n) is 7.35. The van der Waals surface area contributed by atoms with Crippen LogP contribution >= 0.6 is 11.3 Å². The zero-order chi connectivity index (χ0) is 14.5. The summed E-state index contributed by atoms with van der Waals surface area (Å²) in [6, 6.07) is 4.25. The average Bonchev–Trinajstić information content (AvgIpc) is 3.06. The van der Waals surface area contributed by atoms with E-state index >= 15 is 0 Å². The van der Waals surface area contributed by atoms with Crippen LogP contribution in [0.4, 0.5) is 0 Å². The molecule has 2 unspecified atom stereocenters. The van der Waals surface area contributed by atoms with Gasteiger partial charge in [0, 0.05) is 11.4 Å². The maximum absolute atomic E-state index is 12.2. The van der Waals surface area contributed by atoms with Gasteiger partial charge in [-0.05, 0) is 42.8 Å². The van der Waals surface area contributed by atoms with Crippen LogP contribution in [0, 0.1) is 11.8 Å². The molecule has 0 saturated carbocycles. The second-order valence-electron chi connectivity index (χ2n) is 5.93. The van der Waals surface area contributed by atoms with Crippen molar-refractivity contribution in [2.45, 2.75) is 26.3 Å². The van der Waals surface area contributed by atoms with E-state index in [1.807, 2.05) is 6.07 Å². The lowest BCUT2D eigenvalue weighted by Gasteiger charge is -2.23. The first-order valence-corrected chi connectivity index (χ1v) is 8.23. The molecule has 1 saturated heterocycles. The molecule has 2 atom stereocenters. The third kappa shape index (κ3) is 4.04. The lowest BCUT2D eigenvalue weighted by Crippen LogP contribution is -2.39. The van der Waals surface area contributed by atoms with E-state index in [-0.39, 0.29) is 11.9 Å². The average molecular weight is 295 g/mol. The van der Waals surface area contributed by atoms with E-state index in [2.05, 4.69) is 35.5 Å². The number of rotatable bonds is 6. The summed E-state index contributed by atoms with van der Waals surface area (Å²) in [7, 11) is 0. The van der Waals surface area contributed by atoms with Crippen LogP contribution in [-0.2, 0) is 4.79 Å². The highest BCUT2D eigenvalue weighted by Crippen LogP contribution is 2.25. The maximum atomic E-state index is 12.2. The molecule has 0 spiro atoms. The number of hydrogen-bond acceptors (Lipinski definition) is 4. The van der Waals surface area contributed by atoms with Crippen molar-refractivity contribution < 1.29 is 4.79 Å². The van der Waals surface area contributed by atoms with Gasteiger partial charge in [-0.15, -0.1) is 11.3 Å². The Morgan fingerprint density at radius 3 is 2.95 bits per heavy atom. The van der Waals surface area contributed by atoms with Crippen molar-refractivity contribution in [1.82, 2.24) is 10.2 Å². The number of nitrogens with zero attached hydrogens (tertiary/aromatic N) is 1. The van der Waals surface area contributed by atoms with Crippen LogP contribution in [-0.4, -0.2) is 37.0 Å². The van der Waals surface area contributed by atoms with Crippen molar-refractivity contribution in [2.75, 3.05) is 26.2 Å². The molecule has 0 aromatic carbocycles. The topological polar surface area (TPSA) is 58.4 Å². The van der Waals surface area contributed by atoms with Gasteiger partial charge in [-0.3, -0.25) is 9.69 Å². The molecule has 5 heteroatoms. The number of nitrogens with two attached hydrogens (primary N) is 1. The Balaban J connectivity index is 1.86. The number of amides is 1. The monoisotopic (exact) mass is 295 g/mol. The van der Waals surface area contributed by atoms with Crippen LogP contribution in [0.15, 0.2) is 17.5 Å². The molecule has 1 aromatic heterocycles. The van der Waals surface area contributed by atoms with Gasteiger partial charge in [-0.25, -0.2) is 0 Å². The largest absolute Gasteiger partial charge is 0.347 e. The Morgan fingerprint density at radius 2 is 2.40 bits per heavy atom. The van der Waals surface area contributed by atoms with Gasteiger partial charge >= 0.3 is 0 Å². The highest BCUT2D eigenvalue weighted by molar-refractivity contribution is 7.10. The standard InChI is InChI=1S/C15H25N3OS/c1-11(2)15(13-4-3-7-20-13)17-14(19)10-18-6-5-12(8-16)9-18/h3-4,7,11-12,15H,5-6,8-10,16H2,1-2H3,(H,17,19). The Kier molecular flexibility index (Phi) is 5.57. The van der Waals surface area contributed by atoms with Crippen LogP contribution in [0.2, 0.25) is 0 Å². The van der Waals surface area contributed by atoms with E-state index in [0.717, 1.165) is 26.1 Å². The van der Waals surface area contributed by atoms with E-state index < -0.39 is 0 Å². The fourth-order valence-electron chi connectivity index (χ4n) is 2.71. The summed E-state index contributed by atoms with van der Waals surface area (Å²) in [5, 5.41) is 5.24. The van der Waals surface area contributed by atoms with Crippen molar-refractivity contribution in [3.63, 3.8) is 0 Å². The summed E-state index contributed by atoms with van der Waals surface area (Å²) in [6.45, 7) is 7.44. The second-order valence-corrected chi connectivity index (χ2v) is 6.91. The van der Waals surface area contributed by atoms with Crippen molar-refractivity contribution in [1.29, 1.82) is 0 Å². The Bertz CT molecular complexity index is 419. The Morgan fingerprint density at radius 1 is 1.60 bits per heavy atom. The molecule has 1 amide bonds. The number of carbonyl (C=O) groups is 1. The first-order chi connectivity index (χ1) is 9.60. The fourth-order valence-corrected chi connectivity index (χ4v) is 3.65. The molecule has 1 aliphatic heterocycles. The molecular weight excluding hydrogens is 270 g/mol. The minimum Gasteiger partial charge on any atom is -0.347 e. The van der Waals surface area contributed by atoms with E-state index in [1.54, 1.807) is 11.3 Å². The van der Waals surface area contributed by atoms with Crippen LogP contribution < -0.4 is 11.1 Å². The van der Waals surface area contributed by atoms with Crippen LogP contribution in [0.1, 0.15) is 31.2 Å². The number of thiophene rings is 1. The molecule has 3 N–H and O–H groups in total. The molecule has 4 nitrogen and oxygen atoms in total. The van der Waals surface area contributed by atoms with Gasteiger partial charge in [0.15, 0.2) is 0 Å². The third-order valence-corrected chi connectivity index (χ3v) is 4.86. The normalized spacial score (nSPS) is 21.3. The summed E-state index contributed by atoms with van der Waals surface area (Å²) in [4.78, 5) is 15.7. The molecule has 1 fully saturated rings. The van der Waals surface area contributed by atoms with E-state index in [1.165, 1.54) is 4.88 Å². The first kappa shape index (κ1) is 15.5. The van der Waals surface area contributed by atoms with Gasteiger partial charge in [-0.1, -0.05) is 19.9 Å². The predicted molar refractivity (Wildman–Crippen MR) is 83.6 cm³/mol. The molecule has 0 radical (unpaired) electrons. The number of nitrogens with one attached hydrogen (secondary N) is 1. The number of carbonyl (C=O) groups excluding carboxylic acids is 1. The summed E-state index contributed by atoms with van der Waals surface area (Å²) < 4.78 is 0. The zero-order valence-electron chi connectivity index (χ0n) is 12.3. The van der Waals surface area contributed by atoms with Gasteiger partial charge in [0.1, 0.15) is 0 Å². The molecule has 2 heterocycles. The van der Waals surface area contributed by atoms with E-state index in [0.29, 0.717) is 18.4 Å². The quantitative estimate of drug-likeness (QED) is 0.842. The summed E-state index contributed by atoms with van der Waals surface area (Å²) in [5.41, 5.74) is 5.69. The molecule has 1 aromatic rings. The van der Waals surface area contributed by atoms with Crippen molar-refractivity contribution in [3.8, 4) is 0 Å². The molecule has 2 rings (SSSR count). The summed E-state index contributed by atoms with van der Waals surface area (Å²) in [5.74, 6) is 1.07. The van der Waals surface area contributed by atoms with Gasteiger partial charge in [0.05, 0.1) is 12.6 Å². The lowest BCUT2D eigenvalue weighted by molar-refractivity contribution is -0.123. The van der Waals surface area contributed by atoms with Gasteiger partial charge in [0.2, 0.25) is 5.91 Å². The van der Waals surface area contributed by atoms with E-state index in [4.69, 9.17) is 5.73 Å².